The zero-order valence-electron chi connectivity index (χ0n) is 13.9. The van der Waals surface area contributed by atoms with Gasteiger partial charge in [-0.2, -0.15) is 0 Å². The van der Waals surface area contributed by atoms with Gasteiger partial charge in [0.1, 0.15) is 0 Å². The van der Waals surface area contributed by atoms with Gasteiger partial charge in [-0.3, -0.25) is 0 Å². The molecule has 0 N–H and O–H groups in total. The van der Waals surface area contributed by atoms with Crippen molar-refractivity contribution in [2.24, 2.45) is 0 Å². The van der Waals surface area contributed by atoms with Crippen LogP contribution in [0.5, 0.6) is 0 Å². The van der Waals surface area contributed by atoms with E-state index in [2.05, 4.69) is 25.8 Å². The van der Waals surface area contributed by atoms with Gasteiger partial charge < -0.3 is 0 Å². The molecule has 0 bridgehead atoms. The maximum absolute atomic E-state index is 6.43. The third-order valence-corrected chi connectivity index (χ3v) is 10.5. The van der Waals surface area contributed by atoms with Crippen LogP contribution in [0.2, 0.25) is 8.45 Å². The van der Waals surface area contributed by atoms with Gasteiger partial charge in [0, 0.05) is 0 Å². The second kappa shape index (κ2) is 10.9. The van der Waals surface area contributed by atoms with Crippen LogP contribution >= 0.6 is 11.6 Å². The van der Waals surface area contributed by atoms with Crippen LogP contribution in [0.1, 0.15) is 78.6 Å². The molecule has 0 unspecified atom stereocenters. The van der Waals surface area contributed by atoms with E-state index in [1.807, 2.05) is 18.5 Å². The number of aromatic nitrogens is 1. The third-order valence-electron chi connectivity index (χ3n) is 4.19. The Bertz CT molecular complexity index is 373. The zero-order valence-corrected chi connectivity index (χ0v) is 17.5. The minimum atomic E-state index is -0.721. The van der Waals surface area contributed by atoms with Crippen LogP contribution in [0, 0.1) is 0 Å². The molecule has 0 aliphatic rings. The minimum absolute atomic E-state index is 0.595. The van der Waals surface area contributed by atoms with Crippen molar-refractivity contribution in [3.8, 4) is 0 Å². The van der Waals surface area contributed by atoms with Crippen molar-refractivity contribution >= 4 is 36.3 Å². The number of nitrogens with zero attached hydrogens (tertiary/aromatic N) is 1. The molecule has 1 aromatic rings. The van der Waals surface area contributed by atoms with Crippen molar-refractivity contribution in [3.63, 3.8) is 0 Å². The van der Waals surface area contributed by atoms with Crippen molar-refractivity contribution in [1.29, 1.82) is 0 Å². The van der Waals surface area contributed by atoms with Crippen molar-refractivity contribution in [3.05, 3.63) is 23.5 Å². The first kappa shape index (κ1) is 19.3. The molecule has 0 atom stereocenters. The molecule has 3 heteroatoms. The summed E-state index contributed by atoms with van der Waals surface area (Å²) in [7, 11) is 0. The summed E-state index contributed by atoms with van der Waals surface area (Å²) in [6.45, 7) is 6.94. The summed E-state index contributed by atoms with van der Waals surface area (Å²) in [6.07, 6.45) is 16.1. The molecule has 0 aliphatic heterocycles. The molecule has 0 aliphatic carbocycles. The topological polar surface area (TPSA) is 12.9 Å². The summed E-state index contributed by atoms with van der Waals surface area (Å²) in [5.74, 6) is 0. The Kier molecular flexibility index (Phi) is 9.99. The summed E-state index contributed by atoms with van der Waals surface area (Å²) >= 11 is 5.71. The summed E-state index contributed by atoms with van der Waals surface area (Å²) in [6, 6.07) is 1.97. The van der Waals surface area contributed by atoms with Crippen molar-refractivity contribution < 1.29 is 0 Å². The summed E-state index contributed by atoms with van der Waals surface area (Å²) in [4.78, 5) is 4.33. The summed E-state index contributed by atoms with van der Waals surface area (Å²) in [5.41, 5.74) is 0. The van der Waals surface area contributed by atoms with Crippen LogP contribution in [-0.2, 0) is 0 Å². The fraction of sp³-hybridized carbons (Fsp3) is 0.722. The Morgan fingerprint density at radius 3 is 1.95 bits per heavy atom. The van der Waals surface area contributed by atoms with E-state index in [1.54, 1.807) is 0 Å². The maximum atomic E-state index is 6.43. The van der Waals surface area contributed by atoms with Gasteiger partial charge in [0.25, 0.3) is 0 Å². The number of hydrogen-bond acceptors (Lipinski definition) is 1. The van der Waals surface area contributed by atoms with Crippen LogP contribution in [-0.4, -0.2) is 26.1 Å². The van der Waals surface area contributed by atoms with Gasteiger partial charge in [0.2, 0.25) is 0 Å². The third kappa shape index (κ3) is 6.90. The fourth-order valence-electron chi connectivity index (χ4n) is 2.86. The Hall–Kier alpha value is 0.239. The van der Waals surface area contributed by atoms with Crippen LogP contribution < -0.4 is 3.58 Å². The molecule has 0 saturated heterocycles. The second-order valence-electron chi connectivity index (χ2n) is 6.07. The number of halogens is 1. The van der Waals surface area contributed by atoms with Gasteiger partial charge in [-0.1, -0.05) is 0 Å². The van der Waals surface area contributed by atoms with E-state index in [-0.39, 0.29) is 0 Å². The average molecular weight is 415 g/mol. The molecule has 0 amide bonds. The van der Waals surface area contributed by atoms with Crippen molar-refractivity contribution in [2.45, 2.75) is 82.0 Å². The molecule has 1 aromatic heterocycles. The predicted octanol–water partition coefficient (Wildman–Crippen LogP) is 5.79. The van der Waals surface area contributed by atoms with Gasteiger partial charge in [0.15, 0.2) is 0 Å². The molecular weight excluding hydrogens is 384 g/mol. The molecule has 1 nitrogen and oxygen atoms in total. The van der Waals surface area contributed by atoms with E-state index in [4.69, 9.17) is 11.6 Å². The van der Waals surface area contributed by atoms with E-state index < -0.39 is 21.1 Å². The normalized spacial score (nSPS) is 11.8. The number of hydrogen-bond donors (Lipinski definition) is 0. The quantitative estimate of drug-likeness (QED) is 0.417. The van der Waals surface area contributed by atoms with E-state index in [9.17, 15) is 0 Å². The summed E-state index contributed by atoms with van der Waals surface area (Å²) < 4.78 is 2.00. The van der Waals surface area contributed by atoms with Crippen molar-refractivity contribution in [1.82, 2.24) is 4.98 Å². The van der Waals surface area contributed by atoms with Gasteiger partial charge >= 0.3 is 147 Å². The standard InChI is InChI=1S/C13H27.C5H3ClN.Sn/c1-4-7-10-13(11-8-5-2)12-9-6-3;6-5-1-3-7-4-2-5;/h4-12H2,1-3H3;1,3-4H;. The first-order chi connectivity index (χ1) is 10.2. The first-order valence-electron chi connectivity index (χ1n) is 8.55. The van der Waals surface area contributed by atoms with Crippen LogP contribution in [0.3, 0.4) is 0 Å². The van der Waals surface area contributed by atoms with Crippen molar-refractivity contribution in [2.75, 3.05) is 0 Å². The Balaban J connectivity index is 2.92. The molecule has 0 spiro atoms. The molecule has 0 fully saturated rings. The second-order valence-corrected chi connectivity index (χ2v) is 11.8. The predicted molar refractivity (Wildman–Crippen MR) is 95.9 cm³/mol. The van der Waals surface area contributed by atoms with Gasteiger partial charge in [-0.15, -0.1) is 0 Å². The van der Waals surface area contributed by atoms with Crippen LogP contribution in [0.4, 0.5) is 0 Å². The number of unbranched alkanes of at least 4 members (excludes halogenated alkanes) is 3. The molecule has 1 rings (SSSR count). The molecule has 118 valence electrons. The number of rotatable bonds is 11. The van der Waals surface area contributed by atoms with Crippen LogP contribution in [0.15, 0.2) is 18.5 Å². The number of pyridine rings is 1. The first-order valence-corrected chi connectivity index (χ1v) is 11.8. The van der Waals surface area contributed by atoms with E-state index in [1.165, 1.54) is 61.4 Å². The summed E-state index contributed by atoms with van der Waals surface area (Å²) in [5, 5.41) is 0.963. The molecular formula is C18H30ClNSn. The van der Waals surface area contributed by atoms with Gasteiger partial charge in [-0.25, -0.2) is 0 Å². The van der Waals surface area contributed by atoms with E-state index in [0.717, 1.165) is 5.02 Å². The van der Waals surface area contributed by atoms with E-state index in [0.29, 0.717) is 3.43 Å². The SMILES string of the molecule is CCCC[C](CCCC)(CCCC)[Sn][c]1cnccc1Cl. The Morgan fingerprint density at radius 2 is 1.52 bits per heavy atom. The average Bonchev–Trinajstić information content (AvgIpc) is 2.51. The molecule has 1 heterocycles. The van der Waals surface area contributed by atoms with E-state index >= 15 is 0 Å². The fourth-order valence-corrected chi connectivity index (χ4v) is 8.48. The van der Waals surface area contributed by atoms with Gasteiger partial charge in [0.05, 0.1) is 0 Å². The van der Waals surface area contributed by atoms with Crippen LogP contribution in [0.25, 0.3) is 0 Å². The molecule has 21 heavy (non-hydrogen) atoms. The zero-order chi connectivity index (χ0) is 15.6. The van der Waals surface area contributed by atoms with Gasteiger partial charge in [-0.05, 0) is 0 Å². The molecule has 0 saturated carbocycles. The monoisotopic (exact) mass is 415 g/mol. The molecule has 2 radical (unpaired) electrons. The Morgan fingerprint density at radius 1 is 1.00 bits per heavy atom. The Labute approximate surface area is 146 Å². The molecule has 0 aromatic carbocycles.